The van der Waals surface area contributed by atoms with E-state index in [9.17, 15) is 14.4 Å². The zero-order valence-corrected chi connectivity index (χ0v) is 9.30. The van der Waals surface area contributed by atoms with E-state index in [0.717, 1.165) is 0 Å². The molecule has 17 heavy (non-hydrogen) atoms. The van der Waals surface area contributed by atoms with Crippen LogP contribution < -0.4 is 0 Å². The monoisotopic (exact) mass is 236 g/mol. The summed E-state index contributed by atoms with van der Waals surface area (Å²) in [6.07, 6.45) is 0.0785. The van der Waals surface area contributed by atoms with Crippen molar-refractivity contribution >= 4 is 17.7 Å². The van der Waals surface area contributed by atoms with E-state index >= 15 is 0 Å². The molecule has 0 atom stereocenters. The minimum Gasteiger partial charge on any atom is -0.478 e. The van der Waals surface area contributed by atoms with Gasteiger partial charge in [0.2, 0.25) is 0 Å². The van der Waals surface area contributed by atoms with Gasteiger partial charge in [0.1, 0.15) is 0 Å². The van der Waals surface area contributed by atoms with Crippen molar-refractivity contribution in [2.24, 2.45) is 0 Å². The third kappa shape index (κ3) is 3.71. The molecule has 0 radical (unpaired) electrons. The van der Waals surface area contributed by atoms with Gasteiger partial charge in [-0.1, -0.05) is 12.1 Å². The van der Waals surface area contributed by atoms with Gasteiger partial charge in [-0.3, -0.25) is 9.59 Å². The summed E-state index contributed by atoms with van der Waals surface area (Å²) in [6, 6.07) is 5.58. The Bertz CT molecular complexity index is 433. The van der Waals surface area contributed by atoms with E-state index < -0.39 is 11.9 Å². The number of hydrogen-bond acceptors (Lipinski definition) is 4. The maximum Gasteiger partial charge on any atom is 0.335 e. The molecule has 0 aliphatic heterocycles. The van der Waals surface area contributed by atoms with Crippen molar-refractivity contribution in [1.29, 1.82) is 0 Å². The van der Waals surface area contributed by atoms with Gasteiger partial charge >= 0.3 is 11.9 Å². The SMILES string of the molecule is COC(=O)CCC(=O)c1ccc(C(=O)O)cc1. The van der Waals surface area contributed by atoms with Crippen LogP contribution in [0.5, 0.6) is 0 Å². The maximum absolute atomic E-state index is 11.6. The van der Waals surface area contributed by atoms with Gasteiger partial charge in [0.05, 0.1) is 19.1 Å². The van der Waals surface area contributed by atoms with Crippen molar-refractivity contribution in [3.8, 4) is 0 Å². The quantitative estimate of drug-likeness (QED) is 0.619. The summed E-state index contributed by atoms with van der Waals surface area (Å²) >= 11 is 0. The molecule has 0 aliphatic carbocycles. The van der Waals surface area contributed by atoms with E-state index in [1.165, 1.54) is 31.4 Å². The Balaban J connectivity index is 2.64. The van der Waals surface area contributed by atoms with Gasteiger partial charge in [-0.15, -0.1) is 0 Å². The Hall–Kier alpha value is -2.17. The number of rotatable bonds is 5. The largest absolute Gasteiger partial charge is 0.478 e. The lowest BCUT2D eigenvalue weighted by atomic mass is 10.0. The van der Waals surface area contributed by atoms with Crippen LogP contribution in [-0.2, 0) is 9.53 Å². The van der Waals surface area contributed by atoms with Crippen molar-refractivity contribution in [2.45, 2.75) is 12.8 Å². The molecule has 1 aromatic rings. The van der Waals surface area contributed by atoms with Crippen molar-refractivity contribution in [1.82, 2.24) is 0 Å². The highest BCUT2D eigenvalue weighted by Gasteiger charge is 2.10. The predicted molar refractivity (Wildman–Crippen MR) is 59.0 cm³/mol. The molecule has 5 nitrogen and oxygen atoms in total. The summed E-state index contributed by atoms with van der Waals surface area (Å²) in [7, 11) is 1.26. The molecule has 0 saturated carbocycles. The molecule has 0 saturated heterocycles. The lowest BCUT2D eigenvalue weighted by Crippen LogP contribution is -2.06. The van der Waals surface area contributed by atoms with Crippen LogP contribution in [0, 0.1) is 0 Å². The van der Waals surface area contributed by atoms with Gasteiger partial charge in [-0.05, 0) is 12.1 Å². The van der Waals surface area contributed by atoms with Crippen LogP contribution in [0.1, 0.15) is 33.6 Å². The van der Waals surface area contributed by atoms with Gasteiger partial charge in [0.25, 0.3) is 0 Å². The molecule has 0 aliphatic rings. The topological polar surface area (TPSA) is 80.7 Å². The fraction of sp³-hybridized carbons (Fsp3) is 0.250. The molecule has 0 fully saturated rings. The Morgan fingerprint density at radius 3 is 2.06 bits per heavy atom. The molecular formula is C12H12O5. The van der Waals surface area contributed by atoms with Crippen LogP contribution in [-0.4, -0.2) is 29.9 Å². The molecule has 1 rings (SSSR count). The van der Waals surface area contributed by atoms with E-state index in [1.54, 1.807) is 0 Å². The molecule has 0 heterocycles. The molecule has 1 aromatic carbocycles. The third-order valence-corrected chi connectivity index (χ3v) is 2.24. The number of ether oxygens (including phenoxy) is 1. The number of carboxylic acids is 1. The molecule has 90 valence electrons. The van der Waals surface area contributed by atoms with E-state index in [1.807, 2.05) is 0 Å². The number of esters is 1. The number of benzene rings is 1. The van der Waals surface area contributed by atoms with Gasteiger partial charge in [0.15, 0.2) is 5.78 Å². The molecule has 0 spiro atoms. The molecule has 1 N–H and O–H groups in total. The second-order valence-corrected chi connectivity index (χ2v) is 3.38. The molecule has 5 heteroatoms. The van der Waals surface area contributed by atoms with Crippen molar-refractivity contribution in [2.75, 3.05) is 7.11 Å². The van der Waals surface area contributed by atoms with Crippen LogP contribution in [0.25, 0.3) is 0 Å². The number of carboxylic acid groups (broad SMARTS) is 1. The maximum atomic E-state index is 11.6. The number of methoxy groups -OCH3 is 1. The lowest BCUT2D eigenvalue weighted by molar-refractivity contribution is -0.140. The first-order valence-electron chi connectivity index (χ1n) is 4.98. The number of carbonyl (C=O) groups is 3. The standard InChI is InChI=1S/C12H12O5/c1-17-11(14)7-6-10(13)8-2-4-9(5-3-8)12(15)16/h2-5H,6-7H2,1H3,(H,15,16). The van der Waals surface area contributed by atoms with E-state index in [0.29, 0.717) is 5.56 Å². The van der Waals surface area contributed by atoms with Crippen LogP contribution in [0.15, 0.2) is 24.3 Å². The second-order valence-electron chi connectivity index (χ2n) is 3.38. The number of aromatic carboxylic acids is 1. The van der Waals surface area contributed by atoms with Gasteiger partial charge in [-0.2, -0.15) is 0 Å². The van der Waals surface area contributed by atoms with Crippen LogP contribution in [0.4, 0.5) is 0 Å². The minimum absolute atomic E-state index is 0.0238. The smallest absolute Gasteiger partial charge is 0.335 e. The zero-order chi connectivity index (χ0) is 12.8. The van der Waals surface area contributed by atoms with E-state index in [4.69, 9.17) is 5.11 Å². The van der Waals surface area contributed by atoms with Gasteiger partial charge < -0.3 is 9.84 Å². The minimum atomic E-state index is -1.04. The fourth-order valence-corrected chi connectivity index (χ4v) is 1.26. The predicted octanol–water partition coefficient (Wildman–Crippen LogP) is 1.52. The van der Waals surface area contributed by atoms with Gasteiger partial charge in [-0.25, -0.2) is 4.79 Å². The fourth-order valence-electron chi connectivity index (χ4n) is 1.26. The van der Waals surface area contributed by atoms with Crippen molar-refractivity contribution in [3.63, 3.8) is 0 Å². The number of carbonyl (C=O) groups excluding carboxylic acids is 2. The summed E-state index contributed by atoms with van der Waals surface area (Å²) < 4.78 is 4.42. The van der Waals surface area contributed by atoms with E-state index in [2.05, 4.69) is 4.74 Å². The first-order chi connectivity index (χ1) is 8.04. The first kappa shape index (κ1) is 12.9. The Morgan fingerprint density at radius 2 is 1.59 bits per heavy atom. The molecular weight excluding hydrogens is 224 g/mol. The first-order valence-corrected chi connectivity index (χ1v) is 4.98. The summed E-state index contributed by atoms with van der Waals surface area (Å²) in [4.78, 5) is 33.0. The van der Waals surface area contributed by atoms with Crippen molar-refractivity contribution in [3.05, 3.63) is 35.4 Å². The summed E-state index contributed by atoms with van der Waals surface area (Å²) in [6.45, 7) is 0. The van der Waals surface area contributed by atoms with Crippen LogP contribution >= 0.6 is 0 Å². The summed E-state index contributed by atoms with van der Waals surface area (Å²) in [5, 5.41) is 8.68. The number of Topliss-reactive ketones (excluding diaryl/α,β-unsaturated/α-hetero) is 1. The van der Waals surface area contributed by atoms with Crippen LogP contribution in [0.3, 0.4) is 0 Å². The average Bonchev–Trinajstić information content (AvgIpc) is 2.35. The highest BCUT2D eigenvalue weighted by molar-refractivity contribution is 5.98. The van der Waals surface area contributed by atoms with E-state index in [-0.39, 0.29) is 24.2 Å². The zero-order valence-electron chi connectivity index (χ0n) is 9.30. The number of ketones is 1. The molecule has 0 aromatic heterocycles. The summed E-state index contributed by atoms with van der Waals surface area (Å²) in [5.41, 5.74) is 0.508. The highest BCUT2D eigenvalue weighted by atomic mass is 16.5. The van der Waals surface area contributed by atoms with Crippen molar-refractivity contribution < 1.29 is 24.2 Å². The Kier molecular flexibility index (Phi) is 4.39. The Morgan fingerprint density at radius 1 is 1.06 bits per heavy atom. The molecule has 0 amide bonds. The lowest BCUT2D eigenvalue weighted by Gasteiger charge is -2.01. The summed E-state index contributed by atoms with van der Waals surface area (Å²) in [5.74, 6) is -1.70. The Labute approximate surface area is 98.0 Å². The second kappa shape index (κ2) is 5.79. The number of hydrogen-bond donors (Lipinski definition) is 1. The normalized spacial score (nSPS) is 9.71. The van der Waals surface area contributed by atoms with Crippen LogP contribution in [0.2, 0.25) is 0 Å². The average molecular weight is 236 g/mol. The highest BCUT2D eigenvalue weighted by Crippen LogP contribution is 2.08. The third-order valence-electron chi connectivity index (χ3n) is 2.24. The van der Waals surface area contributed by atoms with Gasteiger partial charge in [0, 0.05) is 12.0 Å². The molecule has 0 bridgehead atoms. The molecule has 0 unspecified atom stereocenters.